The predicted molar refractivity (Wildman–Crippen MR) is 67.4 cm³/mol. The van der Waals surface area contributed by atoms with Gasteiger partial charge in [-0.05, 0) is 25.8 Å². The molecule has 0 aromatic carbocycles. The summed E-state index contributed by atoms with van der Waals surface area (Å²) in [6.07, 6.45) is 9.03. The van der Waals surface area contributed by atoms with Gasteiger partial charge in [0.05, 0.1) is 0 Å². The van der Waals surface area contributed by atoms with E-state index >= 15 is 0 Å². The molecule has 88 valence electrons. The molecule has 2 rings (SSSR count). The van der Waals surface area contributed by atoms with Crippen molar-refractivity contribution in [1.29, 1.82) is 0 Å². The molecule has 3 nitrogen and oxygen atoms in total. The second-order valence-corrected chi connectivity index (χ2v) is 4.60. The molecule has 2 heterocycles. The number of aromatic nitrogens is 1. The third-order valence-electron chi connectivity index (χ3n) is 3.46. The normalized spacial score (nSPS) is 21.9. The molecule has 0 spiro atoms. The number of anilines is 1. The van der Waals surface area contributed by atoms with E-state index in [-0.39, 0.29) is 0 Å². The molecule has 1 unspecified atom stereocenters. The third-order valence-corrected chi connectivity index (χ3v) is 3.46. The zero-order valence-electron chi connectivity index (χ0n) is 10.0. The summed E-state index contributed by atoms with van der Waals surface area (Å²) in [4.78, 5) is 6.65. The van der Waals surface area contributed by atoms with E-state index < -0.39 is 0 Å². The fraction of sp³-hybridized carbons (Fsp3) is 0.615. The number of hydrogen-bond donors (Lipinski definition) is 1. The first-order chi connectivity index (χ1) is 7.83. The number of rotatable bonds is 2. The minimum Gasteiger partial charge on any atom is -0.368 e. The Balaban J connectivity index is 2.26. The number of pyridine rings is 1. The second-order valence-electron chi connectivity index (χ2n) is 4.60. The van der Waals surface area contributed by atoms with E-state index in [1.807, 2.05) is 12.4 Å². The SMILES string of the molecule is CC1CCCCCN1c1ccncc1CN. The number of nitrogens with zero attached hydrogens (tertiary/aromatic N) is 2. The molecule has 0 amide bonds. The van der Waals surface area contributed by atoms with Crippen molar-refractivity contribution in [2.24, 2.45) is 5.73 Å². The molecule has 0 saturated carbocycles. The Bertz CT molecular complexity index is 338. The fourth-order valence-electron chi connectivity index (χ4n) is 2.49. The first kappa shape index (κ1) is 11.4. The summed E-state index contributed by atoms with van der Waals surface area (Å²) in [6.45, 7) is 4.04. The van der Waals surface area contributed by atoms with Gasteiger partial charge in [0.25, 0.3) is 0 Å². The Morgan fingerprint density at radius 1 is 1.44 bits per heavy atom. The van der Waals surface area contributed by atoms with Crippen LogP contribution >= 0.6 is 0 Å². The first-order valence-corrected chi connectivity index (χ1v) is 6.22. The zero-order chi connectivity index (χ0) is 11.4. The molecule has 1 aromatic rings. The van der Waals surface area contributed by atoms with Gasteiger partial charge in [-0.2, -0.15) is 0 Å². The Labute approximate surface area is 97.7 Å². The Morgan fingerprint density at radius 3 is 3.12 bits per heavy atom. The lowest BCUT2D eigenvalue weighted by atomic mass is 10.1. The lowest BCUT2D eigenvalue weighted by molar-refractivity contribution is 0.614. The second kappa shape index (κ2) is 5.30. The van der Waals surface area contributed by atoms with Crippen LogP contribution in [0, 0.1) is 0 Å². The lowest BCUT2D eigenvalue weighted by Gasteiger charge is -2.31. The quantitative estimate of drug-likeness (QED) is 0.830. The van der Waals surface area contributed by atoms with Crippen molar-refractivity contribution in [2.75, 3.05) is 11.4 Å². The van der Waals surface area contributed by atoms with Gasteiger partial charge in [0.15, 0.2) is 0 Å². The standard InChI is InChI=1S/C13H21N3/c1-11-5-3-2-4-8-16(11)13-6-7-15-10-12(13)9-14/h6-7,10-11H,2-5,8-9,14H2,1H3. The molecule has 0 bridgehead atoms. The molecule has 0 radical (unpaired) electrons. The van der Waals surface area contributed by atoms with Crippen molar-refractivity contribution < 1.29 is 0 Å². The van der Waals surface area contributed by atoms with Crippen LogP contribution in [0.4, 0.5) is 5.69 Å². The molecule has 3 heteroatoms. The van der Waals surface area contributed by atoms with E-state index in [0.29, 0.717) is 12.6 Å². The van der Waals surface area contributed by atoms with E-state index in [4.69, 9.17) is 5.73 Å². The van der Waals surface area contributed by atoms with E-state index in [1.54, 1.807) is 0 Å². The van der Waals surface area contributed by atoms with Crippen molar-refractivity contribution in [2.45, 2.75) is 45.2 Å². The van der Waals surface area contributed by atoms with Gasteiger partial charge in [0, 0.05) is 42.8 Å². The molecule has 1 saturated heterocycles. The summed E-state index contributed by atoms with van der Waals surface area (Å²) < 4.78 is 0. The van der Waals surface area contributed by atoms with Crippen LogP contribution in [0.3, 0.4) is 0 Å². The maximum absolute atomic E-state index is 5.78. The highest BCUT2D eigenvalue weighted by atomic mass is 15.2. The van der Waals surface area contributed by atoms with Gasteiger partial charge in [0.2, 0.25) is 0 Å². The Morgan fingerprint density at radius 2 is 2.31 bits per heavy atom. The van der Waals surface area contributed by atoms with Crippen LogP contribution < -0.4 is 10.6 Å². The smallest absolute Gasteiger partial charge is 0.0445 e. The van der Waals surface area contributed by atoms with Gasteiger partial charge in [-0.15, -0.1) is 0 Å². The molecule has 2 N–H and O–H groups in total. The van der Waals surface area contributed by atoms with Crippen LogP contribution in [-0.4, -0.2) is 17.6 Å². The molecule has 1 aliphatic rings. The van der Waals surface area contributed by atoms with Crippen molar-refractivity contribution in [3.8, 4) is 0 Å². The van der Waals surface area contributed by atoms with Gasteiger partial charge >= 0.3 is 0 Å². The van der Waals surface area contributed by atoms with E-state index in [0.717, 1.165) is 12.1 Å². The topological polar surface area (TPSA) is 42.2 Å². The molecule has 1 aliphatic heterocycles. The van der Waals surface area contributed by atoms with Crippen LogP contribution in [0.15, 0.2) is 18.5 Å². The Hall–Kier alpha value is -1.09. The highest BCUT2D eigenvalue weighted by Gasteiger charge is 2.18. The summed E-state index contributed by atoms with van der Waals surface area (Å²) in [5, 5.41) is 0. The average Bonchev–Trinajstić information content (AvgIpc) is 2.54. The van der Waals surface area contributed by atoms with Crippen LogP contribution in [0.5, 0.6) is 0 Å². The van der Waals surface area contributed by atoms with Crippen molar-refractivity contribution in [3.63, 3.8) is 0 Å². The highest BCUT2D eigenvalue weighted by molar-refractivity contribution is 5.53. The van der Waals surface area contributed by atoms with E-state index in [2.05, 4.69) is 22.9 Å². The van der Waals surface area contributed by atoms with Crippen molar-refractivity contribution >= 4 is 5.69 Å². The fourth-order valence-corrected chi connectivity index (χ4v) is 2.49. The maximum atomic E-state index is 5.78. The maximum Gasteiger partial charge on any atom is 0.0445 e. The molecular weight excluding hydrogens is 198 g/mol. The summed E-state index contributed by atoms with van der Waals surface area (Å²) in [7, 11) is 0. The molecule has 1 atom stereocenters. The monoisotopic (exact) mass is 219 g/mol. The van der Waals surface area contributed by atoms with Crippen LogP contribution in [0.1, 0.15) is 38.2 Å². The van der Waals surface area contributed by atoms with Crippen LogP contribution in [0.25, 0.3) is 0 Å². The number of nitrogens with two attached hydrogens (primary N) is 1. The first-order valence-electron chi connectivity index (χ1n) is 6.22. The van der Waals surface area contributed by atoms with Crippen LogP contribution in [-0.2, 0) is 6.54 Å². The summed E-state index contributed by atoms with van der Waals surface area (Å²) >= 11 is 0. The molecular formula is C13H21N3. The largest absolute Gasteiger partial charge is 0.368 e. The zero-order valence-corrected chi connectivity index (χ0v) is 10.0. The molecule has 0 aliphatic carbocycles. The number of hydrogen-bond acceptors (Lipinski definition) is 3. The van der Waals surface area contributed by atoms with Gasteiger partial charge in [-0.3, -0.25) is 4.98 Å². The minimum absolute atomic E-state index is 0.576. The minimum atomic E-state index is 0.576. The predicted octanol–water partition coefficient (Wildman–Crippen LogP) is 2.31. The van der Waals surface area contributed by atoms with Crippen molar-refractivity contribution in [1.82, 2.24) is 4.98 Å². The summed E-state index contributed by atoms with van der Waals surface area (Å²) in [5.41, 5.74) is 8.22. The Kier molecular flexibility index (Phi) is 3.78. The molecule has 16 heavy (non-hydrogen) atoms. The van der Waals surface area contributed by atoms with Crippen LogP contribution in [0.2, 0.25) is 0 Å². The van der Waals surface area contributed by atoms with Gasteiger partial charge in [-0.25, -0.2) is 0 Å². The van der Waals surface area contributed by atoms with Gasteiger partial charge in [0.1, 0.15) is 0 Å². The molecule has 1 aromatic heterocycles. The summed E-state index contributed by atoms with van der Waals surface area (Å²) in [5.74, 6) is 0. The van der Waals surface area contributed by atoms with Gasteiger partial charge in [-0.1, -0.05) is 12.8 Å². The third kappa shape index (κ3) is 2.35. The van der Waals surface area contributed by atoms with Gasteiger partial charge < -0.3 is 10.6 Å². The summed E-state index contributed by atoms with van der Waals surface area (Å²) in [6, 6.07) is 2.72. The van der Waals surface area contributed by atoms with E-state index in [1.165, 1.54) is 31.4 Å². The highest BCUT2D eigenvalue weighted by Crippen LogP contribution is 2.26. The van der Waals surface area contributed by atoms with Crippen molar-refractivity contribution in [3.05, 3.63) is 24.0 Å². The lowest BCUT2D eigenvalue weighted by Crippen LogP contribution is -2.33. The van der Waals surface area contributed by atoms with E-state index in [9.17, 15) is 0 Å². The average molecular weight is 219 g/mol. The molecule has 1 fully saturated rings.